The van der Waals surface area contributed by atoms with Gasteiger partial charge in [-0.2, -0.15) is 0 Å². The fourth-order valence-corrected chi connectivity index (χ4v) is 6.86. The normalized spacial score (nSPS) is 11.8. The summed E-state index contributed by atoms with van der Waals surface area (Å²) in [4.78, 5) is 80.3. The van der Waals surface area contributed by atoms with Gasteiger partial charge in [-0.1, -0.05) is 74.5 Å². The van der Waals surface area contributed by atoms with E-state index in [0.717, 1.165) is 51.1 Å². The van der Waals surface area contributed by atoms with Gasteiger partial charge in [0.05, 0.1) is 18.4 Å². The number of carbonyl (C=O) groups excluding carboxylic acids is 5. The van der Waals surface area contributed by atoms with E-state index in [-0.39, 0.29) is 44.1 Å². The maximum Gasteiger partial charge on any atom is 0.407 e. The lowest BCUT2D eigenvalue weighted by molar-refractivity contribution is -0.145. The summed E-state index contributed by atoms with van der Waals surface area (Å²) in [7, 11) is 0. The molecule has 0 saturated carbocycles. The number of aliphatic carboxylic acids is 1. The Bertz CT molecular complexity index is 2770. The van der Waals surface area contributed by atoms with Gasteiger partial charge < -0.3 is 45.7 Å². The second-order valence-electron chi connectivity index (χ2n) is 18.9. The van der Waals surface area contributed by atoms with Crippen molar-refractivity contribution in [3.8, 4) is 0 Å². The first-order valence-corrected chi connectivity index (χ1v) is 24.1. The molecular weight excluding hydrogens is 933 g/mol. The molecule has 0 radical (unpaired) electrons. The zero-order chi connectivity index (χ0) is 53.6. The van der Waals surface area contributed by atoms with Crippen LogP contribution in [0.4, 0.5) is 21.0 Å². The first-order chi connectivity index (χ1) is 34.7. The molecule has 6 N–H and O–H groups in total. The second kappa shape index (κ2) is 28.2. The number of carboxylic acid groups (broad SMARTS) is 1. The molecule has 0 bridgehead atoms. The zero-order valence-electron chi connectivity index (χ0n) is 42.8. The average molecular weight is 1000 g/mol. The maximum atomic E-state index is 13.3. The van der Waals surface area contributed by atoms with E-state index in [4.69, 9.17) is 19.3 Å². The number of fused-ring (bicyclic) bond motifs is 2. The fraction of sp³-hybridized carbons (Fsp3) is 0.357. The summed E-state index contributed by atoms with van der Waals surface area (Å²) in [5, 5.41) is 32.3. The predicted molar refractivity (Wildman–Crippen MR) is 281 cm³/mol. The van der Waals surface area contributed by atoms with Crippen molar-refractivity contribution in [2.75, 3.05) is 23.7 Å². The molecule has 73 heavy (non-hydrogen) atoms. The number of carbonyl (C=O) groups is 6. The molecule has 0 aliphatic carbocycles. The van der Waals surface area contributed by atoms with Crippen molar-refractivity contribution >= 4 is 68.9 Å². The molecule has 6 aromatic rings. The molecule has 2 aromatic heterocycles. The first-order valence-electron chi connectivity index (χ1n) is 24.1. The van der Waals surface area contributed by atoms with Crippen molar-refractivity contribution in [2.24, 2.45) is 0 Å². The van der Waals surface area contributed by atoms with Crippen LogP contribution in [-0.2, 0) is 46.6 Å². The number of pyridine rings is 2. The highest BCUT2D eigenvalue weighted by molar-refractivity contribution is 5.99. The van der Waals surface area contributed by atoms with Crippen LogP contribution in [0.5, 0.6) is 0 Å². The predicted octanol–water partition coefficient (Wildman–Crippen LogP) is 10.2. The van der Waals surface area contributed by atoms with E-state index >= 15 is 0 Å². The van der Waals surface area contributed by atoms with Crippen LogP contribution in [0.2, 0.25) is 0 Å². The summed E-state index contributed by atoms with van der Waals surface area (Å²) in [5.41, 5.74) is 2.98. The van der Waals surface area contributed by atoms with Crippen molar-refractivity contribution in [3.63, 3.8) is 0 Å². The third kappa shape index (κ3) is 20.8. The van der Waals surface area contributed by atoms with E-state index < -0.39 is 41.2 Å². The number of aliphatic hydroxyl groups excluding tert-OH is 1. The van der Waals surface area contributed by atoms with E-state index in [1.807, 2.05) is 74.5 Å². The van der Waals surface area contributed by atoms with Gasteiger partial charge in [0, 0.05) is 72.9 Å². The van der Waals surface area contributed by atoms with E-state index in [9.17, 15) is 33.9 Å². The van der Waals surface area contributed by atoms with Gasteiger partial charge in [0.25, 0.3) is 0 Å². The largest absolute Gasteiger partial charge is 0.481 e. The molecule has 2 atom stereocenters. The van der Waals surface area contributed by atoms with Crippen molar-refractivity contribution in [3.05, 3.63) is 144 Å². The highest BCUT2D eigenvalue weighted by atomic mass is 16.6. The zero-order valence-corrected chi connectivity index (χ0v) is 42.8. The van der Waals surface area contributed by atoms with Gasteiger partial charge in [-0.15, -0.1) is 0 Å². The third-order valence-corrected chi connectivity index (χ3v) is 10.4. The standard InChI is InChI=1S/C28H33N3O5.C24H27N3O4.C4H8O2/c1-5-6-25(32)35-18-19-7-9-20(10-8-19)24(17-30-27(34)36-28(2,3)4)26(33)31-23-12-11-22-16-29-14-13-21(22)15-23;1-24(2,3)31-23(30)26-14-21(17-6-4-16(15-28)5-7-17)22(29)27-20-9-8-19-13-25-11-10-18(19)12-20;1-2-3-4(5)6/h7-16,24H,5-6,17-18H2,1-4H3,(H,30,34)(H,31,33);4-13,21,28H,14-15H2,1-3H3,(H,26,30)(H,27,29);2-3H2,1H3,(H,5,6). The molecule has 0 spiro atoms. The third-order valence-electron chi connectivity index (χ3n) is 10.4. The number of amides is 4. The molecule has 4 aromatic carbocycles. The number of nitrogens with one attached hydrogen (secondary N) is 4. The van der Waals surface area contributed by atoms with Gasteiger partial charge in [0.2, 0.25) is 11.8 Å². The lowest BCUT2D eigenvalue weighted by Crippen LogP contribution is -2.37. The van der Waals surface area contributed by atoms with Gasteiger partial charge >= 0.3 is 24.1 Å². The summed E-state index contributed by atoms with van der Waals surface area (Å²) in [6.45, 7) is 14.6. The Kier molecular flexibility index (Phi) is 22.3. The van der Waals surface area contributed by atoms with E-state index in [1.54, 1.807) is 103 Å². The highest BCUT2D eigenvalue weighted by Gasteiger charge is 2.26. The van der Waals surface area contributed by atoms with Crippen molar-refractivity contribution in [1.29, 1.82) is 0 Å². The Morgan fingerprint density at radius 1 is 0.562 bits per heavy atom. The molecule has 6 rings (SSSR count). The number of aliphatic hydroxyl groups is 1. The molecule has 2 unspecified atom stereocenters. The number of benzene rings is 4. The Balaban J connectivity index is 0.000000287. The van der Waals surface area contributed by atoms with Crippen LogP contribution >= 0.6 is 0 Å². The minimum atomic E-state index is -0.711. The molecule has 0 aliphatic rings. The first kappa shape index (κ1) is 57.7. The topological polar surface area (TPSA) is 244 Å². The summed E-state index contributed by atoms with van der Waals surface area (Å²) < 4.78 is 15.9. The van der Waals surface area contributed by atoms with Crippen LogP contribution in [0.3, 0.4) is 0 Å². The lowest BCUT2D eigenvalue weighted by Gasteiger charge is -2.22. The number of ether oxygens (including phenoxy) is 3. The Morgan fingerprint density at radius 2 is 0.986 bits per heavy atom. The molecule has 0 fully saturated rings. The molecule has 0 saturated heterocycles. The maximum absolute atomic E-state index is 13.3. The number of anilines is 2. The van der Waals surface area contributed by atoms with Crippen LogP contribution in [0.25, 0.3) is 21.5 Å². The fourth-order valence-electron chi connectivity index (χ4n) is 6.86. The van der Waals surface area contributed by atoms with Crippen molar-refractivity contribution in [1.82, 2.24) is 20.6 Å². The van der Waals surface area contributed by atoms with Crippen LogP contribution in [0.1, 0.15) is 115 Å². The molecule has 17 heteroatoms. The van der Waals surface area contributed by atoms with Crippen molar-refractivity contribution in [2.45, 2.75) is 117 Å². The molecule has 4 amide bonds. The quantitative estimate of drug-likeness (QED) is 0.0368. The Morgan fingerprint density at radius 3 is 1.36 bits per heavy atom. The van der Waals surface area contributed by atoms with Gasteiger partial charge in [0.15, 0.2) is 0 Å². The summed E-state index contributed by atoms with van der Waals surface area (Å²) in [6, 6.07) is 29.2. The Hall–Kier alpha value is -7.92. The summed E-state index contributed by atoms with van der Waals surface area (Å²) in [5.74, 6) is -2.82. The highest BCUT2D eigenvalue weighted by Crippen LogP contribution is 2.25. The molecule has 0 aliphatic heterocycles. The summed E-state index contributed by atoms with van der Waals surface area (Å²) >= 11 is 0. The molecular formula is C56H68N6O11. The number of aromatic nitrogens is 2. The number of hydrogen-bond donors (Lipinski definition) is 6. The molecule has 388 valence electrons. The van der Waals surface area contributed by atoms with Gasteiger partial charge in [0.1, 0.15) is 17.8 Å². The van der Waals surface area contributed by atoms with E-state index in [1.165, 1.54) is 0 Å². The number of nitrogens with zero attached hydrogens (tertiary/aromatic N) is 2. The van der Waals surface area contributed by atoms with Crippen LogP contribution in [0.15, 0.2) is 122 Å². The Labute approximate surface area is 426 Å². The van der Waals surface area contributed by atoms with Crippen LogP contribution < -0.4 is 21.3 Å². The van der Waals surface area contributed by atoms with Crippen LogP contribution in [0, 0.1) is 0 Å². The number of esters is 1. The smallest absolute Gasteiger partial charge is 0.407 e. The van der Waals surface area contributed by atoms with Crippen LogP contribution in [-0.4, -0.2) is 80.4 Å². The molecule has 17 nitrogen and oxygen atoms in total. The van der Waals surface area contributed by atoms with E-state index in [0.29, 0.717) is 29.8 Å². The number of rotatable bonds is 17. The SMILES string of the molecule is CC(C)(C)OC(=O)NCC(C(=O)Nc1ccc2cnccc2c1)c1ccc(CO)cc1.CCCC(=O)O.CCCC(=O)OCc1ccc(C(CNC(=O)OC(C)(C)C)C(=O)Nc2ccc3cnccc3c2)cc1. The minimum absolute atomic E-state index is 0.0447. The monoisotopic (exact) mass is 1000 g/mol. The van der Waals surface area contributed by atoms with Gasteiger partial charge in [-0.3, -0.25) is 29.1 Å². The van der Waals surface area contributed by atoms with E-state index in [2.05, 4.69) is 31.2 Å². The second-order valence-corrected chi connectivity index (χ2v) is 18.9. The molecule has 2 heterocycles. The number of alkyl carbamates (subject to hydrolysis) is 2. The number of hydrogen-bond acceptors (Lipinski definition) is 12. The summed E-state index contributed by atoms with van der Waals surface area (Å²) in [6.07, 6.45) is 7.86. The van der Waals surface area contributed by atoms with Crippen molar-refractivity contribution < 1.29 is 53.2 Å². The average Bonchev–Trinajstić information content (AvgIpc) is 3.33. The number of carboxylic acids is 1. The van der Waals surface area contributed by atoms with Gasteiger partial charge in [-0.05, 0) is 124 Å². The minimum Gasteiger partial charge on any atom is -0.481 e. The lowest BCUT2D eigenvalue weighted by atomic mass is 9.96. The van der Waals surface area contributed by atoms with Gasteiger partial charge in [-0.25, -0.2) is 9.59 Å².